The number of carbonyl (C=O) groups is 2. The molecule has 2 aromatic carbocycles. The Kier molecular flexibility index (Phi) is 7.60. The van der Waals surface area contributed by atoms with Crippen molar-refractivity contribution < 1.29 is 14.0 Å². The Balaban J connectivity index is 1.40. The highest BCUT2D eigenvalue weighted by Crippen LogP contribution is 2.29. The van der Waals surface area contributed by atoms with Crippen LogP contribution in [0.1, 0.15) is 6.42 Å². The summed E-state index contributed by atoms with van der Waals surface area (Å²) in [5.74, 6) is 0.532. The number of nitrogens with zero attached hydrogens (tertiary/aromatic N) is 1. The lowest BCUT2D eigenvalue weighted by atomic mass is 10.2. The zero-order chi connectivity index (χ0) is 20.6. The van der Waals surface area contributed by atoms with Gasteiger partial charge in [-0.3, -0.25) is 4.79 Å². The molecule has 0 radical (unpaired) electrons. The van der Waals surface area contributed by atoms with Gasteiger partial charge in [0.1, 0.15) is 5.82 Å². The Morgan fingerprint density at radius 2 is 2.03 bits per heavy atom. The molecule has 0 bridgehead atoms. The van der Waals surface area contributed by atoms with Crippen molar-refractivity contribution in [2.45, 2.75) is 11.3 Å². The molecule has 0 aromatic heterocycles. The molecule has 154 valence electrons. The van der Waals surface area contributed by atoms with Gasteiger partial charge in [0.05, 0.1) is 17.3 Å². The van der Waals surface area contributed by atoms with Gasteiger partial charge < -0.3 is 20.9 Å². The number of rotatable bonds is 7. The van der Waals surface area contributed by atoms with Gasteiger partial charge in [-0.1, -0.05) is 11.6 Å². The van der Waals surface area contributed by atoms with Crippen molar-refractivity contribution in [3.8, 4) is 0 Å². The Labute approximate surface area is 178 Å². The minimum absolute atomic E-state index is 0.0357. The number of nitrogens with one attached hydrogen (secondary N) is 3. The van der Waals surface area contributed by atoms with Crippen LogP contribution in [0.25, 0.3) is 0 Å². The van der Waals surface area contributed by atoms with Crippen molar-refractivity contribution >= 4 is 46.7 Å². The zero-order valence-corrected chi connectivity index (χ0v) is 17.3. The highest BCUT2D eigenvalue weighted by Gasteiger charge is 2.18. The number of anilines is 2. The summed E-state index contributed by atoms with van der Waals surface area (Å²) in [6.45, 7) is 2.06. The first-order valence-electron chi connectivity index (χ1n) is 9.26. The third-order valence-corrected chi connectivity index (χ3v) is 5.67. The summed E-state index contributed by atoms with van der Waals surface area (Å²) >= 11 is 7.95. The minimum atomic E-state index is -0.307. The van der Waals surface area contributed by atoms with Crippen molar-refractivity contribution in [1.29, 1.82) is 0 Å². The van der Waals surface area contributed by atoms with Crippen LogP contribution in [0.15, 0.2) is 47.4 Å². The van der Waals surface area contributed by atoms with E-state index in [0.717, 1.165) is 22.8 Å². The largest absolute Gasteiger partial charge is 0.359 e. The van der Waals surface area contributed by atoms with E-state index in [0.29, 0.717) is 30.3 Å². The number of carbonyl (C=O) groups excluding carboxylic acids is 2. The first-order valence-corrected chi connectivity index (χ1v) is 10.6. The molecule has 1 saturated heterocycles. The molecule has 6 nitrogen and oxygen atoms in total. The fraction of sp³-hybridized carbons (Fsp3) is 0.300. The van der Waals surface area contributed by atoms with Gasteiger partial charge in [0.2, 0.25) is 5.91 Å². The molecular formula is C20H22ClFN4O2S. The van der Waals surface area contributed by atoms with Crippen LogP contribution >= 0.6 is 23.4 Å². The molecule has 3 amide bonds. The number of hydrogen-bond acceptors (Lipinski definition) is 4. The van der Waals surface area contributed by atoms with Gasteiger partial charge in [-0.2, -0.15) is 0 Å². The third kappa shape index (κ3) is 6.54. The van der Waals surface area contributed by atoms with Gasteiger partial charge in [0.25, 0.3) is 0 Å². The molecule has 0 saturated carbocycles. The van der Waals surface area contributed by atoms with E-state index in [1.54, 1.807) is 42.1 Å². The van der Waals surface area contributed by atoms with E-state index in [1.807, 2.05) is 4.90 Å². The summed E-state index contributed by atoms with van der Waals surface area (Å²) in [6.07, 6.45) is 0.784. The number of urea groups is 1. The molecule has 2 aromatic rings. The molecule has 0 spiro atoms. The Morgan fingerprint density at radius 3 is 2.76 bits per heavy atom. The standard InChI is InChI=1S/C20H22ClFN4O2S/c21-17-12-15(4-7-18(17)26-10-9-23-19(27)13-26)25-20(28)24-8-1-11-29-16-5-2-14(22)3-6-16/h2-7,12H,1,8-11,13H2,(H,23,27)(H2,24,25,28). The van der Waals surface area contributed by atoms with E-state index in [9.17, 15) is 14.0 Å². The predicted octanol–water partition coefficient (Wildman–Crippen LogP) is 3.72. The van der Waals surface area contributed by atoms with Crippen LogP contribution in [-0.2, 0) is 4.79 Å². The molecule has 0 atom stereocenters. The first-order chi connectivity index (χ1) is 14.0. The maximum absolute atomic E-state index is 12.9. The molecule has 9 heteroatoms. The minimum Gasteiger partial charge on any atom is -0.359 e. The normalized spacial score (nSPS) is 13.7. The molecule has 29 heavy (non-hydrogen) atoms. The van der Waals surface area contributed by atoms with Gasteiger partial charge in [-0.15, -0.1) is 11.8 Å². The summed E-state index contributed by atoms with van der Waals surface area (Å²) in [6, 6.07) is 11.3. The van der Waals surface area contributed by atoms with E-state index >= 15 is 0 Å². The number of hydrogen-bond donors (Lipinski definition) is 3. The monoisotopic (exact) mass is 436 g/mol. The van der Waals surface area contributed by atoms with Crippen molar-refractivity contribution in [3.63, 3.8) is 0 Å². The molecular weight excluding hydrogens is 415 g/mol. The molecule has 1 heterocycles. The topological polar surface area (TPSA) is 73.5 Å². The van der Waals surface area contributed by atoms with Gasteiger partial charge in [-0.05, 0) is 54.6 Å². The Morgan fingerprint density at radius 1 is 1.24 bits per heavy atom. The van der Waals surface area contributed by atoms with Gasteiger partial charge in [0.15, 0.2) is 0 Å². The van der Waals surface area contributed by atoms with Crippen LogP contribution < -0.4 is 20.9 Å². The summed E-state index contributed by atoms with van der Waals surface area (Å²) in [4.78, 5) is 26.5. The third-order valence-electron chi connectivity index (χ3n) is 4.27. The lowest BCUT2D eigenvalue weighted by Crippen LogP contribution is -2.47. The number of halogens is 2. The van der Waals surface area contributed by atoms with Crippen LogP contribution in [0.4, 0.5) is 20.6 Å². The number of thioether (sulfide) groups is 1. The van der Waals surface area contributed by atoms with Crippen molar-refractivity contribution in [3.05, 3.63) is 53.3 Å². The molecule has 1 fully saturated rings. The van der Waals surface area contributed by atoms with E-state index < -0.39 is 0 Å². The quantitative estimate of drug-likeness (QED) is 0.457. The SMILES string of the molecule is O=C1CN(c2ccc(NC(=O)NCCCSc3ccc(F)cc3)cc2Cl)CCN1. The molecule has 1 aliphatic rings. The van der Waals surface area contributed by atoms with Crippen LogP contribution in [0, 0.1) is 5.82 Å². The number of amides is 3. The van der Waals surface area contributed by atoms with E-state index in [1.165, 1.54) is 12.1 Å². The molecule has 3 rings (SSSR count). The van der Waals surface area contributed by atoms with Crippen molar-refractivity contribution in [2.24, 2.45) is 0 Å². The average Bonchev–Trinajstić information content (AvgIpc) is 2.69. The van der Waals surface area contributed by atoms with Gasteiger partial charge in [-0.25, -0.2) is 9.18 Å². The molecule has 1 aliphatic heterocycles. The first kappa shape index (κ1) is 21.3. The van der Waals surface area contributed by atoms with Crippen LogP contribution in [0.3, 0.4) is 0 Å². The highest BCUT2D eigenvalue weighted by molar-refractivity contribution is 7.99. The van der Waals surface area contributed by atoms with E-state index in [-0.39, 0.29) is 24.3 Å². The Bertz CT molecular complexity index is 866. The summed E-state index contributed by atoms with van der Waals surface area (Å²) in [5, 5.41) is 8.81. The van der Waals surface area contributed by atoms with Gasteiger partial charge in [0, 0.05) is 30.2 Å². The van der Waals surface area contributed by atoms with Gasteiger partial charge >= 0.3 is 6.03 Å². The van der Waals surface area contributed by atoms with Crippen molar-refractivity contribution in [2.75, 3.05) is 42.1 Å². The maximum atomic E-state index is 12.9. The lowest BCUT2D eigenvalue weighted by molar-refractivity contribution is -0.120. The van der Waals surface area contributed by atoms with Crippen LogP contribution in [-0.4, -0.2) is 43.9 Å². The second kappa shape index (κ2) is 10.4. The fourth-order valence-corrected chi connectivity index (χ4v) is 4.01. The lowest BCUT2D eigenvalue weighted by Gasteiger charge is -2.29. The fourth-order valence-electron chi connectivity index (χ4n) is 2.86. The zero-order valence-electron chi connectivity index (χ0n) is 15.7. The van der Waals surface area contributed by atoms with E-state index in [4.69, 9.17) is 11.6 Å². The summed E-state index contributed by atoms with van der Waals surface area (Å²) in [7, 11) is 0. The van der Waals surface area contributed by atoms with Crippen LogP contribution in [0.5, 0.6) is 0 Å². The van der Waals surface area contributed by atoms with Crippen LogP contribution in [0.2, 0.25) is 5.02 Å². The number of benzene rings is 2. The second-order valence-corrected chi connectivity index (χ2v) is 8.05. The van der Waals surface area contributed by atoms with E-state index in [2.05, 4.69) is 16.0 Å². The molecule has 0 aliphatic carbocycles. The molecule has 3 N–H and O–H groups in total. The Hall–Kier alpha value is -2.45. The predicted molar refractivity (Wildman–Crippen MR) is 115 cm³/mol. The van der Waals surface area contributed by atoms with Crippen molar-refractivity contribution in [1.82, 2.24) is 10.6 Å². The highest BCUT2D eigenvalue weighted by atomic mass is 35.5. The average molecular weight is 437 g/mol. The smallest absolute Gasteiger partial charge is 0.319 e. The molecule has 0 unspecified atom stereocenters. The maximum Gasteiger partial charge on any atom is 0.319 e. The number of piperazine rings is 1. The summed E-state index contributed by atoms with van der Waals surface area (Å²) < 4.78 is 12.9. The summed E-state index contributed by atoms with van der Waals surface area (Å²) in [5.41, 5.74) is 1.35. The second-order valence-electron chi connectivity index (χ2n) is 6.47.